The Balaban J connectivity index is 1.41. The molecule has 2 heterocycles. The van der Waals surface area contributed by atoms with E-state index in [1.165, 1.54) is 4.90 Å². The minimum absolute atomic E-state index is 0.170. The summed E-state index contributed by atoms with van der Waals surface area (Å²) in [6.45, 7) is 4.71. The van der Waals surface area contributed by atoms with Crippen molar-refractivity contribution in [3.05, 3.63) is 52.8 Å². The van der Waals surface area contributed by atoms with Crippen molar-refractivity contribution < 1.29 is 19.1 Å². The molecular formula is C19H21N3O4. The number of carbonyl (C=O) groups excluding carboxylic acids is 3. The zero-order valence-corrected chi connectivity index (χ0v) is 14.9. The van der Waals surface area contributed by atoms with Gasteiger partial charge in [0.15, 0.2) is 0 Å². The third-order valence-corrected chi connectivity index (χ3v) is 4.30. The Bertz CT molecular complexity index is 821. The smallest absolute Gasteiger partial charge is 0.307 e. The average Bonchev–Trinajstić information content (AvgIpc) is 3.07. The molecular weight excluding hydrogens is 334 g/mol. The fourth-order valence-corrected chi connectivity index (χ4v) is 3.02. The van der Waals surface area contributed by atoms with Gasteiger partial charge in [-0.1, -0.05) is 12.1 Å². The molecule has 0 spiro atoms. The van der Waals surface area contributed by atoms with Gasteiger partial charge < -0.3 is 4.74 Å². The minimum atomic E-state index is -0.320. The predicted octanol–water partition coefficient (Wildman–Crippen LogP) is 2.12. The molecule has 1 aromatic heterocycles. The van der Waals surface area contributed by atoms with Crippen LogP contribution in [0.3, 0.4) is 0 Å². The first-order chi connectivity index (χ1) is 12.5. The van der Waals surface area contributed by atoms with E-state index in [1.807, 2.05) is 19.9 Å². The second kappa shape index (κ2) is 7.51. The third-order valence-electron chi connectivity index (χ3n) is 4.30. The molecule has 7 heteroatoms. The zero-order valence-electron chi connectivity index (χ0n) is 14.9. The highest BCUT2D eigenvalue weighted by atomic mass is 16.5. The molecule has 0 radical (unpaired) electrons. The SMILES string of the molecule is Cc1cc(C)n(CCC(=O)OCCCN2C(=O)c3ccccc3C2=O)n1. The molecule has 0 fully saturated rings. The molecule has 0 atom stereocenters. The number of imide groups is 1. The first-order valence-electron chi connectivity index (χ1n) is 8.59. The lowest BCUT2D eigenvalue weighted by Gasteiger charge is -2.13. The molecule has 7 nitrogen and oxygen atoms in total. The molecule has 0 saturated heterocycles. The van der Waals surface area contributed by atoms with Crippen LogP contribution in [0.1, 0.15) is 44.9 Å². The van der Waals surface area contributed by atoms with Crippen molar-refractivity contribution in [2.45, 2.75) is 33.2 Å². The molecule has 1 aliphatic rings. The number of ether oxygens (including phenoxy) is 1. The maximum atomic E-state index is 12.2. The number of benzene rings is 1. The van der Waals surface area contributed by atoms with E-state index in [0.29, 0.717) is 24.1 Å². The van der Waals surface area contributed by atoms with E-state index in [1.54, 1.807) is 28.9 Å². The van der Waals surface area contributed by atoms with Gasteiger partial charge in [-0.25, -0.2) is 0 Å². The Kier molecular flexibility index (Phi) is 5.16. The Labute approximate surface area is 151 Å². The highest BCUT2D eigenvalue weighted by Gasteiger charge is 2.34. The van der Waals surface area contributed by atoms with Crippen molar-refractivity contribution in [3.8, 4) is 0 Å². The summed E-state index contributed by atoms with van der Waals surface area (Å²) in [6.07, 6.45) is 0.645. The molecule has 1 aromatic carbocycles. The van der Waals surface area contributed by atoms with E-state index in [9.17, 15) is 14.4 Å². The normalized spacial score (nSPS) is 13.2. The summed E-state index contributed by atoms with van der Waals surface area (Å²) in [5.74, 6) is -0.900. The standard InChI is InChI=1S/C19H21N3O4/c1-13-12-14(2)22(20-13)10-8-17(23)26-11-5-9-21-18(24)15-6-3-4-7-16(15)19(21)25/h3-4,6-7,12H,5,8-11H2,1-2H3. The molecule has 0 aliphatic carbocycles. The van der Waals surface area contributed by atoms with Crippen molar-refractivity contribution >= 4 is 17.8 Å². The Morgan fingerprint density at radius 3 is 2.31 bits per heavy atom. The molecule has 136 valence electrons. The molecule has 3 rings (SSSR count). The third kappa shape index (κ3) is 3.66. The summed E-state index contributed by atoms with van der Waals surface area (Å²) < 4.78 is 6.96. The number of aromatic nitrogens is 2. The van der Waals surface area contributed by atoms with Crippen LogP contribution in [0, 0.1) is 13.8 Å². The topological polar surface area (TPSA) is 81.5 Å². The van der Waals surface area contributed by atoms with Gasteiger partial charge in [0, 0.05) is 12.2 Å². The summed E-state index contributed by atoms with van der Waals surface area (Å²) in [4.78, 5) is 37.5. The molecule has 0 saturated carbocycles. The molecule has 26 heavy (non-hydrogen) atoms. The monoisotopic (exact) mass is 355 g/mol. The summed E-state index contributed by atoms with van der Waals surface area (Å²) in [6, 6.07) is 8.72. The predicted molar refractivity (Wildman–Crippen MR) is 93.7 cm³/mol. The van der Waals surface area contributed by atoms with E-state index in [0.717, 1.165) is 11.4 Å². The molecule has 2 aromatic rings. The highest BCUT2D eigenvalue weighted by Crippen LogP contribution is 2.22. The fraction of sp³-hybridized carbons (Fsp3) is 0.368. The van der Waals surface area contributed by atoms with Crippen LogP contribution < -0.4 is 0 Å². The van der Waals surface area contributed by atoms with Crippen LogP contribution in [0.2, 0.25) is 0 Å². The van der Waals surface area contributed by atoms with Crippen molar-refractivity contribution in [2.24, 2.45) is 0 Å². The largest absolute Gasteiger partial charge is 0.466 e. The number of rotatable bonds is 7. The van der Waals surface area contributed by atoms with Crippen LogP contribution in [0.4, 0.5) is 0 Å². The summed E-state index contributed by atoms with van der Waals surface area (Å²) in [5, 5.41) is 4.29. The maximum Gasteiger partial charge on any atom is 0.307 e. The number of aryl methyl sites for hydroxylation is 3. The average molecular weight is 355 g/mol. The van der Waals surface area contributed by atoms with E-state index in [-0.39, 0.29) is 37.4 Å². The number of amides is 2. The van der Waals surface area contributed by atoms with Gasteiger partial charge in [0.1, 0.15) is 0 Å². The highest BCUT2D eigenvalue weighted by molar-refractivity contribution is 6.21. The van der Waals surface area contributed by atoms with Crippen LogP contribution in [-0.4, -0.2) is 45.6 Å². The van der Waals surface area contributed by atoms with E-state index >= 15 is 0 Å². The van der Waals surface area contributed by atoms with Crippen LogP contribution in [0.15, 0.2) is 30.3 Å². The fourth-order valence-electron chi connectivity index (χ4n) is 3.02. The molecule has 0 N–H and O–H groups in total. The van der Waals surface area contributed by atoms with Crippen LogP contribution in [0.5, 0.6) is 0 Å². The summed E-state index contributed by atoms with van der Waals surface area (Å²) in [5.41, 5.74) is 2.77. The summed E-state index contributed by atoms with van der Waals surface area (Å²) >= 11 is 0. The summed E-state index contributed by atoms with van der Waals surface area (Å²) in [7, 11) is 0. The Morgan fingerprint density at radius 1 is 1.08 bits per heavy atom. The quantitative estimate of drug-likeness (QED) is 0.432. The number of fused-ring (bicyclic) bond motifs is 1. The number of hydrogen-bond acceptors (Lipinski definition) is 5. The first-order valence-corrected chi connectivity index (χ1v) is 8.59. The van der Waals surface area contributed by atoms with Gasteiger partial charge in [-0.3, -0.25) is 24.0 Å². The molecule has 0 unspecified atom stereocenters. The zero-order chi connectivity index (χ0) is 18.7. The number of carbonyl (C=O) groups is 3. The molecule has 1 aliphatic heterocycles. The van der Waals surface area contributed by atoms with Gasteiger partial charge in [0.2, 0.25) is 0 Å². The second-order valence-corrected chi connectivity index (χ2v) is 6.28. The van der Waals surface area contributed by atoms with E-state index in [2.05, 4.69) is 5.10 Å². The van der Waals surface area contributed by atoms with Gasteiger partial charge in [0.25, 0.3) is 11.8 Å². The molecule has 0 bridgehead atoms. The van der Waals surface area contributed by atoms with E-state index < -0.39 is 0 Å². The van der Waals surface area contributed by atoms with E-state index in [4.69, 9.17) is 4.74 Å². The minimum Gasteiger partial charge on any atom is -0.466 e. The second-order valence-electron chi connectivity index (χ2n) is 6.28. The number of esters is 1. The maximum absolute atomic E-state index is 12.2. The lowest BCUT2D eigenvalue weighted by atomic mass is 10.1. The van der Waals surface area contributed by atoms with Crippen molar-refractivity contribution in [3.63, 3.8) is 0 Å². The number of nitrogens with zero attached hydrogens (tertiary/aromatic N) is 3. The van der Waals surface area contributed by atoms with Gasteiger partial charge in [-0.2, -0.15) is 5.10 Å². The first kappa shape index (κ1) is 17.8. The Hall–Kier alpha value is -2.96. The van der Waals surface area contributed by atoms with Crippen molar-refractivity contribution in [1.82, 2.24) is 14.7 Å². The van der Waals surface area contributed by atoms with Crippen LogP contribution >= 0.6 is 0 Å². The Morgan fingerprint density at radius 2 is 1.73 bits per heavy atom. The lowest BCUT2D eigenvalue weighted by molar-refractivity contribution is -0.144. The number of hydrogen-bond donors (Lipinski definition) is 0. The van der Waals surface area contributed by atoms with Gasteiger partial charge in [-0.05, 0) is 38.5 Å². The van der Waals surface area contributed by atoms with Gasteiger partial charge >= 0.3 is 5.97 Å². The van der Waals surface area contributed by atoms with Crippen LogP contribution in [-0.2, 0) is 16.1 Å². The van der Waals surface area contributed by atoms with Crippen molar-refractivity contribution in [1.29, 1.82) is 0 Å². The van der Waals surface area contributed by atoms with Crippen molar-refractivity contribution in [2.75, 3.05) is 13.2 Å². The van der Waals surface area contributed by atoms with Gasteiger partial charge in [0.05, 0.1) is 36.4 Å². The van der Waals surface area contributed by atoms with Gasteiger partial charge in [-0.15, -0.1) is 0 Å². The lowest BCUT2D eigenvalue weighted by Crippen LogP contribution is -2.31. The van der Waals surface area contributed by atoms with Crippen LogP contribution in [0.25, 0.3) is 0 Å². The molecule has 2 amide bonds.